The lowest BCUT2D eigenvalue weighted by molar-refractivity contribution is 0.189. The Hall–Kier alpha value is -2.19. The third-order valence-electron chi connectivity index (χ3n) is 3.11. The largest absolute Gasteiger partial charge is 0.481 e. The predicted octanol–water partition coefficient (Wildman–Crippen LogP) is 2.48. The maximum atomic E-state index is 9.76. The molecule has 7 nitrogen and oxygen atoms in total. The number of hydrogen-bond donors (Lipinski definition) is 2. The van der Waals surface area contributed by atoms with Crippen LogP contribution in [0.4, 0.5) is 0 Å². The molecule has 3 aromatic heterocycles. The van der Waals surface area contributed by atoms with Crippen LogP contribution < -0.4 is 4.74 Å². The number of aliphatic hydroxyl groups excluding tert-OH is 1. The van der Waals surface area contributed by atoms with Gasteiger partial charge in [-0.2, -0.15) is 0 Å². The minimum atomic E-state index is -0.760. The Kier molecular flexibility index (Phi) is 3.95. The maximum Gasteiger partial charge on any atom is 0.213 e. The standard InChI is InChI=1S/C14H14BrN5O2/c1-8(21)13-18-14(10-6-16-7-11(10)15)20(19-13)9-3-4-12(22-2)17-5-9/h3-8,16,21H,1-2H3. The van der Waals surface area contributed by atoms with Gasteiger partial charge < -0.3 is 14.8 Å². The lowest BCUT2D eigenvalue weighted by Crippen LogP contribution is -2.01. The van der Waals surface area contributed by atoms with Gasteiger partial charge in [-0.25, -0.2) is 14.6 Å². The number of ether oxygens (including phenoxy) is 1. The summed E-state index contributed by atoms with van der Waals surface area (Å²) >= 11 is 3.47. The molecular weight excluding hydrogens is 350 g/mol. The van der Waals surface area contributed by atoms with Crippen molar-refractivity contribution in [1.82, 2.24) is 24.7 Å². The Bertz CT molecular complexity index is 779. The van der Waals surface area contributed by atoms with Gasteiger partial charge >= 0.3 is 0 Å². The molecule has 3 heterocycles. The van der Waals surface area contributed by atoms with Crippen LogP contribution in [0.25, 0.3) is 17.1 Å². The topological polar surface area (TPSA) is 88.9 Å². The second-order valence-electron chi connectivity index (χ2n) is 4.66. The predicted molar refractivity (Wildman–Crippen MR) is 83.8 cm³/mol. The lowest BCUT2D eigenvalue weighted by atomic mass is 10.3. The van der Waals surface area contributed by atoms with Crippen molar-refractivity contribution in [2.45, 2.75) is 13.0 Å². The summed E-state index contributed by atoms with van der Waals surface area (Å²) in [6, 6.07) is 3.57. The number of methoxy groups -OCH3 is 1. The first-order valence-corrected chi connectivity index (χ1v) is 7.37. The Morgan fingerprint density at radius 2 is 2.18 bits per heavy atom. The van der Waals surface area contributed by atoms with Gasteiger partial charge in [0.05, 0.1) is 24.6 Å². The van der Waals surface area contributed by atoms with Gasteiger partial charge in [0.2, 0.25) is 5.88 Å². The van der Waals surface area contributed by atoms with Crippen LogP contribution in [0.2, 0.25) is 0 Å². The van der Waals surface area contributed by atoms with Gasteiger partial charge in [-0.15, -0.1) is 5.10 Å². The molecule has 0 aromatic carbocycles. The fraction of sp³-hybridized carbons (Fsp3) is 0.214. The number of aliphatic hydroxyl groups is 1. The van der Waals surface area contributed by atoms with Crippen molar-refractivity contribution in [2.24, 2.45) is 0 Å². The van der Waals surface area contributed by atoms with E-state index in [0.29, 0.717) is 17.5 Å². The minimum Gasteiger partial charge on any atom is -0.481 e. The number of H-pyrrole nitrogens is 1. The molecule has 0 aliphatic heterocycles. The number of pyridine rings is 1. The summed E-state index contributed by atoms with van der Waals surface area (Å²) in [5.41, 5.74) is 1.57. The van der Waals surface area contributed by atoms with Crippen molar-refractivity contribution in [3.63, 3.8) is 0 Å². The molecule has 0 saturated heterocycles. The molecule has 22 heavy (non-hydrogen) atoms. The molecule has 0 fully saturated rings. The number of aromatic nitrogens is 5. The Balaban J connectivity index is 2.14. The van der Waals surface area contributed by atoms with Crippen LogP contribution >= 0.6 is 15.9 Å². The Morgan fingerprint density at radius 3 is 2.73 bits per heavy atom. The van der Waals surface area contributed by atoms with Gasteiger partial charge in [-0.1, -0.05) is 0 Å². The van der Waals surface area contributed by atoms with Crippen molar-refractivity contribution >= 4 is 15.9 Å². The molecule has 0 bridgehead atoms. The van der Waals surface area contributed by atoms with Crippen LogP contribution in [0.3, 0.4) is 0 Å². The first-order chi connectivity index (χ1) is 10.6. The van der Waals surface area contributed by atoms with Crippen molar-refractivity contribution in [1.29, 1.82) is 0 Å². The van der Waals surface area contributed by atoms with Crippen molar-refractivity contribution in [3.05, 3.63) is 41.0 Å². The molecule has 0 spiro atoms. The SMILES string of the molecule is COc1ccc(-n2nc(C(C)O)nc2-c2c[nH]cc2Br)cn1. The monoisotopic (exact) mass is 363 g/mol. The summed E-state index contributed by atoms with van der Waals surface area (Å²) in [5, 5.41) is 14.1. The Labute approximate surface area is 135 Å². The molecule has 114 valence electrons. The fourth-order valence-electron chi connectivity index (χ4n) is 1.99. The molecule has 8 heteroatoms. The van der Waals surface area contributed by atoms with E-state index in [1.54, 1.807) is 31.0 Å². The fourth-order valence-corrected chi connectivity index (χ4v) is 2.42. The number of rotatable bonds is 4. The van der Waals surface area contributed by atoms with E-state index >= 15 is 0 Å². The molecule has 1 atom stereocenters. The zero-order valence-electron chi connectivity index (χ0n) is 12.0. The summed E-state index contributed by atoms with van der Waals surface area (Å²) in [6.07, 6.45) is 4.50. The number of halogens is 1. The van der Waals surface area contributed by atoms with E-state index in [2.05, 4.69) is 36.0 Å². The molecule has 3 rings (SSSR count). The van der Waals surface area contributed by atoms with Gasteiger partial charge in [0.15, 0.2) is 11.6 Å². The second kappa shape index (κ2) is 5.90. The summed E-state index contributed by atoms with van der Waals surface area (Å²) < 4.78 is 7.56. The van der Waals surface area contributed by atoms with Crippen LogP contribution in [0, 0.1) is 0 Å². The normalized spacial score (nSPS) is 12.4. The third-order valence-corrected chi connectivity index (χ3v) is 3.76. The molecule has 0 amide bonds. The molecule has 0 radical (unpaired) electrons. The lowest BCUT2D eigenvalue weighted by Gasteiger charge is -2.05. The highest BCUT2D eigenvalue weighted by Crippen LogP contribution is 2.29. The van der Waals surface area contributed by atoms with E-state index < -0.39 is 6.10 Å². The van der Waals surface area contributed by atoms with Gasteiger partial charge in [0, 0.05) is 22.9 Å². The molecular formula is C14H14BrN5O2. The highest BCUT2D eigenvalue weighted by atomic mass is 79.9. The number of hydrogen-bond acceptors (Lipinski definition) is 5. The van der Waals surface area contributed by atoms with Crippen molar-refractivity contribution < 1.29 is 9.84 Å². The number of nitrogens with one attached hydrogen (secondary N) is 1. The molecule has 0 aliphatic rings. The van der Waals surface area contributed by atoms with E-state index in [1.165, 1.54) is 0 Å². The second-order valence-corrected chi connectivity index (χ2v) is 5.51. The van der Waals surface area contributed by atoms with Gasteiger partial charge in [0.1, 0.15) is 6.10 Å². The number of aromatic amines is 1. The van der Waals surface area contributed by atoms with E-state index in [-0.39, 0.29) is 0 Å². The van der Waals surface area contributed by atoms with E-state index in [9.17, 15) is 5.11 Å². The molecule has 0 saturated carbocycles. The third kappa shape index (κ3) is 2.62. The Morgan fingerprint density at radius 1 is 1.36 bits per heavy atom. The van der Waals surface area contributed by atoms with Crippen LogP contribution in [0.1, 0.15) is 18.9 Å². The van der Waals surface area contributed by atoms with Crippen molar-refractivity contribution in [2.75, 3.05) is 7.11 Å². The van der Waals surface area contributed by atoms with Crippen LogP contribution in [0.15, 0.2) is 35.2 Å². The summed E-state index contributed by atoms with van der Waals surface area (Å²) in [7, 11) is 1.56. The van der Waals surface area contributed by atoms with Crippen LogP contribution in [0.5, 0.6) is 5.88 Å². The van der Waals surface area contributed by atoms with Crippen LogP contribution in [-0.2, 0) is 0 Å². The average molecular weight is 364 g/mol. The van der Waals surface area contributed by atoms with E-state index in [4.69, 9.17) is 4.74 Å². The van der Waals surface area contributed by atoms with Gasteiger partial charge in [0.25, 0.3) is 0 Å². The van der Waals surface area contributed by atoms with Crippen LogP contribution in [-0.4, -0.2) is 36.9 Å². The molecule has 3 aromatic rings. The quantitative estimate of drug-likeness (QED) is 0.743. The zero-order chi connectivity index (χ0) is 15.7. The summed E-state index contributed by atoms with van der Waals surface area (Å²) in [5.74, 6) is 1.47. The molecule has 1 unspecified atom stereocenters. The molecule has 0 aliphatic carbocycles. The first kappa shape index (κ1) is 14.7. The highest BCUT2D eigenvalue weighted by molar-refractivity contribution is 9.10. The van der Waals surface area contributed by atoms with E-state index in [0.717, 1.165) is 15.7 Å². The zero-order valence-corrected chi connectivity index (χ0v) is 13.6. The maximum absolute atomic E-state index is 9.76. The van der Waals surface area contributed by atoms with Gasteiger partial charge in [-0.05, 0) is 28.9 Å². The highest BCUT2D eigenvalue weighted by Gasteiger charge is 2.19. The summed E-state index contributed by atoms with van der Waals surface area (Å²) in [6.45, 7) is 1.63. The smallest absolute Gasteiger partial charge is 0.213 e. The van der Waals surface area contributed by atoms with Crippen molar-refractivity contribution in [3.8, 4) is 23.0 Å². The summed E-state index contributed by atoms with van der Waals surface area (Å²) in [4.78, 5) is 11.6. The minimum absolute atomic E-state index is 0.346. The van der Waals surface area contributed by atoms with Gasteiger partial charge in [-0.3, -0.25) is 0 Å². The van der Waals surface area contributed by atoms with E-state index in [1.807, 2.05) is 18.5 Å². The first-order valence-electron chi connectivity index (χ1n) is 6.58. The molecule has 2 N–H and O–H groups in total. The average Bonchev–Trinajstić information content (AvgIpc) is 3.13. The number of nitrogens with zero attached hydrogens (tertiary/aromatic N) is 4.